The quantitative estimate of drug-likeness (QED) is 0.0511. The van der Waals surface area contributed by atoms with Crippen LogP contribution < -0.4 is 0 Å². The largest absolute Gasteiger partial charge is 0.393 e. The van der Waals surface area contributed by atoms with Gasteiger partial charge in [0.2, 0.25) is 0 Å². The Hall–Kier alpha value is 0.230. The zero-order chi connectivity index (χ0) is 32.9. The SMILES string of the molecule is CCCCCCCCCCCCCCCCCCOCC(S)[C@@](C)(CO)OCCCCCCCCCCCCCCCCCC. The molecule has 0 saturated carbocycles. The second kappa shape index (κ2) is 37.1. The van der Waals surface area contributed by atoms with E-state index in [-0.39, 0.29) is 11.9 Å². The van der Waals surface area contributed by atoms with Crippen molar-refractivity contribution in [2.24, 2.45) is 0 Å². The Balaban J connectivity index is 3.48. The zero-order valence-corrected chi connectivity index (χ0v) is 32.1. The van der Waals surface area contributed by atoms with Crippen LogP contribution in [0.15, 0.2) is 0 Å². The molecule has 0 fully saturated rings. The number of rotatable bonds is 39. The molecule has 0 aromatic rings. The summed E-state index contributed by atoms with van der Waals surface area (Å²) in [6.45, 7) is 8.58. The van der Waals surface area contributed by atoms with Crippen molar-refractivity contribution in [1.29, 1.82) is 0 Å². The van der Waals surface area contributed by atoms with Crippen molar-refractivity contribution in [3.8, 4) is 0 Å². The van der Waals surface area contributed by atoms with Crippen molar-refractivity contribution in [3.05, 3.63) is 0 Å². The molecule has 0 heterocycles. The van der Waals surface area contributed by atoms with E-state index in [4.69, 9.17) is 22.1 Å². The molecule has 4 heteroatoms. The van der Waals surface area contributed by atoms with Gasteiger partial charge in [-0.15, -0.1) is 0 Å². The minimum atomic E-state index is -0.632. The van der Waals surface area contributed by atoms with E-state index in [0.29, 0.717) is 13.2 Å². The maximum atomic E-state index is 10.0. The zero-order valence-electron chi connectivity index (χ0n) is 31.2. The fourth-order valence-corrected chi connectivity index (χ4v) is 6.59. The minimum Gasteiger partial charge on any atom is -0.393 e. The third-order valence-corrected chi connectivity index (χ3v) is 10.6. The number of ether oxygens (including phenoxy) is 2. The van der Waals surface area contributed by atoms with Crippen molar-refractivity contribution in [3.63, 3.8) is 0 Å². The molecule has 2 atom stereocenters. The molecule has 0 aromatic heterocycles. The maximum absolute atomic E-state index is 10.0. The van der Waals surface area contributed by atoms with Crippen LogP contribution in [-0.2, 0) is 9.47 Å². The first-order valence-corrected chi connectivity index (χ1v) is 21.1. The molecule has 0 rings (SSSR count). The highest BCUT2D eigenvalue weighted by atomic mass is 32.1. The molecule has 0 bridgehead atoms. The molecule has 1 unspecified atom stereocenters. The third kappa shape index (κ3) is 32.5. The summed E-state index contributed by atoms with van der Waals surface area (Å²) in [5, 5.41) is 9.91. The van der Waals surface area contributed by atoms with Gasteiger partial charge >= 0.3 is 0 Å². The lowest BCUT2D eigenvalue weighted by Crippen LogP contribution is -2.45. The standard InChI is InChI=1S/C41H84O3S/c1-4-6-8-10-12-14-16-18-20-22-24-26-28-30-32-34-36-43-38-40(45)41(3,39-42)44-37-35-33-31-29-27-25-23-21-19-17-15-13-11-9-7-5-2/h40,42,45H,4-39H2,1-3H3/t40?,41-/m1/s1. The average Bonchev–Trinajstić information content (AvgIpc) is 3.05. The van der Waals surface area contributed by atoms with Crippen molar-refractivity contribution in [2.45, 2.75) is 237 Å². The summed E-state index contributed by atoms with van der Waals surface area (Å²) in [7, 11) is 0. The maximum Gasteiger partial charge on any atom is 0.102 e. The van der Waals surface area contributed by atoms with Gasteiger partial charge in [-0.05, 0) is 19.8 Å². The van der Waals surface area contributed by atoms with Crippen LogP contribution in [0.2, 0.25) is 0 Å². The Labute approximate surface area is 290 Å². The highest BCUT2D eigenvalue weighted by Crippen LogP contribution is 2.22. The van der Waals surface area contributed by atoms with Crippen LogP contribution in [0, 0.1) is 0 Å². The van der Waals surface area contributed by atoms with Gasteiger partial charge in [-0.2, -0.15) is 12.6 Å². The van der Waals surface area contributed by atoms with Gasteiger partial charge in [0.05, 0.1) is 18.5 Å². The second-order valence-electron chi connectivity index (χ2n) is 14.5. The lowest BCUT2D eigenvalue weighted by molar-refractivity contribution is -0.0796. The molecule has 1 N–H and O–H groups in total. The Kier molecular flexibility index (Phi) is 37.2. The van der Waals surface area contributed by atoms with E-state index in [2.05, 4.69) is 13.8 Å². The molecule has 0 aromatic carbocycles. The molecule has 0 spiro atoms. The fraction of sp³-hybridized carbons (Fsp3) is 1.00. The van der Waals surface area contributed by atoms with Gasteiger partial charge < -0.3 is 14.6 Å². The lowest BCUT2D eigenvalue weighted by Gasteiger charge is -2.33. The highest BCUT2D eigenvalue weighted by molar-refractivity contribution is 7.81. The van der Waals surface area contributed by atoms with Crippen LogP contribution in [0.4, 0.5) is 0 Å². The summed E-state index contributed by atoms with van der Waals surface area (Å²) in [6, 6.07) is 0. The molecule has 45 heavy (non-hydrogen) atoms. The van der Waals surface area contributed by atoms with Gasteiger partial charge in [-0.3, -0.25) is 0 Å². The predicted octanol–water partition coefficient (Wildman–Crippen LogP) is 13.6. The molecule has 0 aliphatic heterocycles. The summed E-state index contributed by atoms with van der Waals surface area (Å²) in [5.74, 6) is 0. The molecule has 0 saturated heterocycles. The average molecular weight is 657 g/mol. The molecule has 0 amide bonds. The first-order valence-electron chi connectivity index (χ1n) is 20.6. The Morgan fingerprint density at radius 1 is 0.444 bits per heavy atom. The van der Waals surface area contributed by atoms with Crippen LogP contribution in [0.5, 0.6) is 0 Å². The summed E-state index contributed by atoms with van der Waals surface area (Å²) in [6.07, 6.45) is 44.1. The molecule has 0 radical (unpaired) electrons. The smallest absolute Gasteiger partial charge is 0.102 e. The van der Waals surface area contributed by atoms with Crippen LogP contribution in [0.1, 0.15) is 226 Å². The normalized spacial score (nSPS) is 13.8. The van der Waals surface area contributed by atoms with E-state index in [1.54, 1.807) is 0 Å². The van der Waals surface area contributed by atoms with Crippen LogP contribution in [0.25, 0.3) is 0 Å². The summed E-state index contributed by atoms with van der Waals surface area (Å²) in [4.78, 5) is 0. The van der Waals surface area contributed by atoms with Crippen molar-refractivity contribution < 1.29 is 14.6 Å². The first-order chi connectivity index (χ1) is 22.1. The van der Waals surface area contributed by atoms with Crippen LogP contribution in [0.3, 0.4) is 0 Å². The van der Waals surface area contributed by atoms with E-state index >= 15 is 0 Å². The second-order valence-corrected chi connectivity index (χ2v) is 15.1. The monoisotopic (exact) mass is 657 g/mol. The van der Waals surface area contributed by atoms with Gasteiger partial charge in [-0.25, -0.2) is 0 Å². The van der Waals surface area contributed by atoms with E-state index < -0.39 is 5.60 Å². The van der Waals surface area contributed by atoms with Crippen molar-refractivity contribution in [2.75, 3.05) is 26.4 Å². The molecule has 0 aliphatic carbocycles. The topological polar surface area (TPSA) is 38.7 Å². The first kappa shape index (κ1) is 45.2. The summed E-state index contributed by atoms with van der Waals surface area (Å²) >= 11 is 4.75. The molecular formula is C41H84O3S. The third-order valence-electron chi connectivity index (χ3n) is 9.87. The lowest BCUT2D eigenvalue weighted by atomic mass is 10.0. The van der Waals surface area contributed by atoms with Gasteiger partial charge in [0.25, 0.3) is 0 Å². The van der Waals surface area contributed by atoms with Gasteiger partial charge in [0.1, 0.15) is 5.60 Å². The number of unbranched alkanes of at least 4 members (excludes halogenated alkanes) is 30. The highest BCUT2D eigenvalue weighted by Gasteiger charge is 2.32. The summed E-state index contributed by atoms with van der Waals surface area (Å²) in [5.41, 5.74) is -0.632. The van der Waals surface area contributed by atoms with Gasteiger partial charge in [-0.1, -0.05) is 206 Å². The van der Waals surface area contributed by atoms with Crippen LogP contribution >= 0.6 is 12.6 Å². The molecule has 3 nitrogen and oxygen atoms in total. The minimum absolute atomic E-state index is 0.0115. The van der Waals surface area contributed by atoms with E-state index in [0.717, 1.165) is 19.4 Å². The predicted molar refractivity (Wildman–Crippen MR) is 204 cm³/mol. The van der Waals surface area contributed by atoms with Gasteiger partial charge in [0.15, 0.2) is 0 Å². The number of thiol groups is 1. The van der Waals surface area contributed by atoms with Gasteiger partial charge in [0, 0.05) is 13.2 Å². The van der Waals surface area contributed by atoms with Crippen molar-refractivity contribution >= 4 is 12.6 Å². The fourth-order valence-electron chi connectivity index (χ4n) is 6.33. The number of aliphatic hydroxyl groups is 1. The van der Waals surface area contributed by atoms with Crippen molar-refractivity contribution in [1.82, 2.24) is 0 Å². The van der Waals surface area contributed by atoms with Crippen LogP contribution in [-0.4, -0.2) is 42.4 Å². The molecule has 0 aliphatic rings. The Morgan fingerprint density at radius 3 is 1.00 bits per heavy atom. The molecular weight excluding hydrogens is 573 g/mol. The Morgan fingerprint density at radius 2 is 0.711 bits per heavy atom. The number of aliphatic hydroxyl groups excluding tert-OH is 1. The number of hydrogen-bond donors (Lipinski definition) is 2. The molecule has 272 valence electrons. The van der Waals surface area contributed by atoms with E-state index in [1.807, 2.05) is 6.92 Å². The number of hydrogen-bond acceptors (Lipinski definition) is 4. The van der Waals surface area contributed by atoms with E-state index in [1.165, 1.54) is 193 Å². The van der Waals surface area contributed by atoms with E-state index in [9.17, 15) is 5.11 Å². The summed E-state index contributed by atoms with van der Waals surface area (Å²) < 4.78 is 12.1. The Bertz CT molecular complexity index is 545.